The number of aromatic nitrogens is 1. The predicted octanol–water partition coefficient (Wildman–Crippen LogP) is 4.10. The Labute approximate surface area is 123 Å². The molecule has 2 aromatic carbocycles. The van der Waals surface area contributed by atoms with Gasteiger partial charge in [0.2, 0.25) is 5.89 Å². The van der Waals surface area contributed by atoms with Crippen molar-refractivity contribution in [3.05, 3.63) is 42.0 Å². The number of hydrogen-bond donors (Lipinski definition) is 1. The molecule has 1 heterocycles. The molecule has 0 radical (unpaired) electrons. The number of ether oxygens (including phenoxy) is 1. The quantitative estimate of drug-likeness (QED) is 0.724. The summed E-state index contributed by atoms with van der Waals surface area (Å²) in [5.74, 6) is 0.697. The number of hydrogen-bond acceptors (Lipinski definition) is 4. The second-order valence-electron chi connectivity index (χ2n) is 4.66. The maximum atomic E-state index is 12.7. The first-order valence-electron chi connectivity index (χ1n) is 6.30. The van der Waals surface area contributed by atoms with Crippen molar-refractivity contribution in [1.82, 2.24) is 4.98 Å². The van der Waals surface area contributed by atoms with Crippen LogP contribution in [0.25, 0.3) is 22.6 Å². The Bertz CT molecular complexity index is 840. The summed E-state index contributed by atoms with van der Waals surface area (Å²) < 4.78 is 48.6. The van der Waals surface area contributed by atoms with Crippen LogP contribution in [-0.4, -0.2) is 12.1 Å². The molecule has 0 spiro atoms. The Kier molecular flexibility index (Phi) is 3.20. The minimum absolute atomic E-state index is 0.138. The first kappa shape index (κ1) is 14.2. The number of anilines is 1. The van der Waals surface area contributed by atoms with E-state index in [-0.39, 0.29) is 17.0 Å². The van der Waals surface area contributed by atoms with Crippen molar-refractivity contribution in [2.75, 3.05) is 12.8 Å². The van der Waals surface area contributed by atoms with Crippen molar-refractivity contribution in [3.63, 3.8) is 0 Å². The molecule has 4 nitrogen and oxygen atoms in total. The van der Waals surface area contributed by atoms with Crippen LogP contribution in [-0.2, 0) is 6.18 Å². The SMILES string of the molecule is COc1ccc(-c2nc3cc(C(F)(F)F)ccc3o2)cc1N. The van der Waals surface area contributed by atoms with E-state index in [4.69, 9.17) is 14.9 Å². The second kappa shape index (κ2) is 4.94. The van der Waals surface area contributed by atoms with E-state index in [9.17, 15) is 13.2 Å². The van der Waals surface area contributed by atoms with E-state index in [1.54, 1.807) is 18.2 Å². The highest BCUT2D eigenvalue weighted by Gasteiger charge is 2.31. The number of nitrogens with two attached hydrogens (primary N) is 1. The Morgan fingerprint density at radius 1 is 1.14 bits per heavy atom. The molecule has 3 rings (SSSR count). The second-order valence-corrected chi connectivity index (χ2v) is 4.66. The van der Waals surface area contributed by atoms with Crippen LogP contribution in [0.3, 0.4) is 0 Å². The number of alkyl halides is 3. The molecule has 0 unspecified atom stereocenters. The molecule has 7 heteroatoms. The van der Waals surface area contributed by atoms with E-state index in [0.29, 0.717) is 17.0 Å². The lowest BCUT2D eigenvalue weighted by Crippen LogP contribution is -2.03. The minimum Gasteiger partial charge on any atom is -0.495 e. The summed E-state index contributed by atoms with van der Waals surface area (Å²) in [6.45, 7) is 0. The van der Waals surface area contributed by atoms with Gasteiger partial charge < -0.3 is 14.9 Å². The molecular formula is C15H11F3N2O2. The van der Waals surface area contributed by atoms with Crippen molar-refractivity contribution in [2.45, 2.75) is 6.18 Å². The zero-order chi connectivity index (χ0) is 15.9. The Balaban J connectivity index is 2.07. The van der Waals surface area contributed by atoms with Gasteiger partial charge >= 0.3 is 6.18 Å². The fourth-order valence-electron chi connectivity index (χ4n) is 2.09. The predicted molar refractivity (Wildman–Crippen MR) is 75.4 cm³/mol. The number of rotatable bonds is 2. The minimum atomic E-state index is -4.42. The Hall–Kier alpha value is -2.70. The molecule has 0 aliphatic rings. The van der Waals surface area contributed by atoms with E-state index in [1.807, 2.05) is 0 Å². The van der Waals surface area contributed by atoms with Crippen molar-refractivity contribution >= 4 is 16.8 Å². The molecule has 0 saturated carbocycles. The van der Waals surface area contributed by atoms with E-state index in [0.717, 1.165) is 12.1 Å². The Morgan fingerprint density at radius 2 is 1.91 bits per heavy atom. The number of oxazole rings is 1. The van der Waals surface area contributed by atoms with Crippen LogP contribution in [0.2, 0.25) is 0 Å². The third kappa shape index (κ3) is 2.45. The van der Waals surface area contributed by atoms with Crippen LogP contribution < -0.4 is 10.5 Å². The normalized spacial score (nSPS) is 11.8. The van der Waals surface area contributed by atoms with Crippen LogP contribution in [0.1, 0.15) is 5.56 Å². The van der Waals surface area contributed by atoms with Crippen molar-refractivity contribution in [2.24, 2.45) is 0 Å². The summed E-state index contributed by atoms with van der Waals surface area (Å²) >= 11 is 0. The molecule has 2 N–H and O–H groups in total. The van der Waals surface area contributed by atoms with E-state index >= 15 is 0 Å². The number of fused-ring (bicyclic) bond motifs is 1. The molecule has 0 atom stereocenters. The number of methoxy groups -OCH3 is 1. The van der Waals surface area contributed by atoms with Gasteiger partial charge in [0, 0.05) is 5.56 Å². The summed E-state index contributed by atoms with van der Waals surface area (Å²) in [6, 6.07) is 8.07. The average Bonchev–Trinajstić information content (AvgIpc) is 2.89. The molecule has 0 fully saturated rings. The van der Waals surface area contributed by atoms with Gasteiger partial charge in [0.15, 0.2) is 5.58 Å². The number of nitrogens with zero attached hydrogens (tertiary/aromatic N) is 1. The fourth-order valence-corrected chi connectivity index (χ4v) is 2.09. The lowest BCUT2D eigenvalue weighted by Gasteiger charge is -2.04. The molecule has 0 amide bonds. The van der Waals surface area contributed by atoms with Crippen LogP contribution in [0, 0.1) is 0 Å². The van der Waals surface area contributed by atoms with Gasteiger partial charge in [-0.15, -0.1) is 0 Å². The molecule has 0 aliphatic heterocycles. The molecule has 114 valence electrons. The van der Waals surface area contributed by atoms with Crippen molar-refractivity contribution < 1.29 is 22.3 Å². The first-order chi connectivity index (χ1) is 10.4. The smallest absolute Gasteiger partial charge is 0.416 e. The largest absolute Gasteiger partial charge is 0.495 e. The molecule has 22 heavy (non-hydrogen) atoms. The maximum absolute atomic E-state index is 12.7. The summed E-state index contributed by atoms with van der Waals surface area (Å²) in [6.07, 6.45) is -4.42. The van der Waals surface area contributed by atoms with Gasteiger partial charge in [0.1, 0.15) is 11.3 Å². The van der Waals surface area contributed by atoms with E-state index in [1.165, 1.54) is 13.2 Å². The zero-order valence-electron chi connectivity index (χ0n) is 11.4. The summed E-state index contributed by atoms with van der Waals surface area (Å²) in [4.78, 5) is 4.09. The van der Waals surface area contributed by atoms with Gasteiger partial charge in [0.05, 0.1) is 18.4 Å². The molecule has 0 saturated heterocycles. The van der Waals surface area contributed by atoms with Crippen LogP contribution in [0.15, 0.2) is 40.8 Å². The van der Waals surface area contributed by atoms with E-state index < -0.39 is 11.7 Å². The average molecular weight is 308 g/mol. The number of nitrogen functional groups attached to an aromatic ring is 1. The highest BCUT2D eigenvalue weighted by molar-refractivity contribution is 5.78. The zero-order valence-corrected chi connectivity index (χ0v) is 11.4. The third-order valence-electron chi connectivity index (χ3n) is 3.19. The first-order valence-corrected chi connectivity index (χ1v) is 6.30. The number of benzene rings is 2. The van der Waals surface area contributed by atoms with E-state index in [2.05, 4.69) is 4.98 Å². The van der Waals surface area contributed by atoms with Gasteiger partial charge in [-0.05, 0) is 36.4 Å². The van der Waals surface area contributed by atoms with Crippen LogP contribution >= 0.6 is 0 Å². The van der Waals surface area contributed by atoms with Crippen LogP contribution in [0.4, 0.5) is 18.9 Å². The Morgan fingerprint density at radius 3 is 2.55 bits per heavy atom. The summed E-state index contributed by atoms with van der Waals surface area (Å²) in [5.41, 5.74) is 6.39. The third-order valence-corrected chi connectivity index (χ3v) is 3.19. The van der Waals surface area contributed by atoms with Crippen LogP contribution in [0.5, 0.6) is 5.75 Å². The topological polar surface area (TPSA) is 61.3 Å². The van der Waals surface area contributed by atoms with Gasteiger partial charge in [-0.1, -0.05) is 0 Å². The molecule has 1 aromatic heterocycles. The van der Waals surface area contributed by atoms with Gasteiger partial charge in [-0.3, -0.25) is 0 Å². The molecular weight excluding hydrogens is 297 g/mol. The van der Waals surface area contributed by atoms with Crippen molar-refractivity contribution in [3.8, 4) is 17.2 Å². The van der Waals surface area contributed by atoms with Gasteiger partial charge in [0.25, 0.3) is 0 Å². The summed E-state index contributed by atoms with van der Waals surface area (Å²) in [5, 5.41) is 0. The molecule has 3 aromatic rings. The van der Waals surface area contributed by atoms with Gasteiger partial charge in [-0.25, -0.2) is 4.98 Å². The monoisotopic (exact) mass is 308 g/mol. The fraction of sp³-hybridized carbons (Fsp3) is 0.133. The number of halogens is 3. The standard InChI is InChI=1S/C15H11F3N2O2/c1-21-12-4-2-8(6-10(12)19)14-20-11-7-9(15(16,17)18)3-5-13(11)22-14/h2-7H,19H2,1H3. The highest BCUT2D eigenvalue weighted by Crippen LogP contribution is 2.34. The molecule has 0 bridgehead atoms. The maximum Gasteiger partial charge on any atom is 0.416 e. The highest BCUT2D eigenvalue weighted by atomic mass is 19.4. The van der Waals surface area contributed by atoms with Gasteiger partial charge in [-0.2, -0.15) is 13.2 Å². The summed E-state index contributed by atoms with van der Waals surface area (Å²) in [7, 11) is 1.49. The van der Waals surface area contributed by atoms with Crippen molar-refractivity contribution in [1.29, 1.82) is 0 Å². The molecule has 0 aliphatic carbocycles. The lowest BCUT2D eigenvalue weighted by molar-refractivity contribution is -0.137. The lowest BCUT2D eigenvalue weighted by atomic mass is 10.2.